The van der Waals surface area contributed by atoms with Gasteiger partial charge in [-0.25, -0.2) is 4.98 Å². The number of H-pyrrole nitrogens is 1. The zero-order valence-electron chi connectivity index (χ0n) is 16.6. The molecule has 1 aliphatic carbocycles. The van der Waals surface area contributed by atoms with Crippen LogP contribution < -0.4 is 10.2 Å². The Morgan fingerprint density at radius 2 is 2.17 bits per heavy atom. The number of aryl methyl sites for hydroxylation is 1. The Balaban J connectivity index is 1.36. The van der Waals surface area contributed by atoms with Crippen LogP contribution in [0.3, 0.4) is 0 Å². The standard InChI is InChI=1S/C21H24N6O2S/c28-12-21(6-1-7-21)25-19-18-17(5-9-30(18)29)23-20(24-19)27-8-4-14-13(11-27)2-3-16-15(14)10-22-26-16/h2-3,10,28H,1,4-9,11-12H2,(H,22,26)(H,23,24,25)/t30-/m1/s1. The van der Waals surface area contributed by atoms with Crippen molar-refractivity contribution in [2.75, 3.05) is 29.1 Å². The molecule has 156 valence electrons. The molecule has 2 aliphatic heterocycles. The number of nitrogens with zero attached hydrogens (tertiary/aromatic N) is 4. The second kappa shape index (κ2) is 6.83. The number of aromatic nitrogens is 4. The van der Waals surface area contributed by atoms with Crippen molar-refractivity contribution >= 4 is 33.8 Å². The van der Waals surface area contributed by atoms with Crippen molar-refractivity contribution in [1.82, 2.24) is 20.2 Å². The summed E-state index contributed by atoms with van der Waals surface area (Å²) in [6.07, 6.45) is 6.41. The summed E-state index contributed by atoms with van der Waals surface area (Å²) in [5, 5.41) is 21.8. The van der Waals surface area contributed by atoms with Gasteiger partial charge in [-0.2, -0.15) is 10.1 Å². The molecule has 6 rings (SSSR count). The van der Waals surface area contributed by atoms with Crippen LogP contribution in [0.25, 0.3) is 10.9 Å². The van der Waals surface area contributed by atoms with E-state index in [2.05, 4.69) is 32.5 Å². The zero-order chi connectivity index (χ0) is 20.3. The summed E-state index contributed by atoms with van der Waals surface area (Å²) < 4.78 is 12.6. The lowest BCUT2D eigenvalue weighted by molar-refractivity contribution is 0.143. The summed E-state index contributed by atoms with van der Waals surface area (Å²) in [5.41, 5.74) is 4.21. The van der Waals surface area contributed by atoms with Crippen molar-refractivity contribution in [2.24, 2.45) is 0 Å². The van der Waals surface area contributed by atoms with Crippen molar-refractivity contribution in [2.45, 2.75) is 49.1 Å². The first kappa shape index (κ1) is 18.4. The summed E-state index contributed by atoms with van der Waals surface area (Å²) in [4.78, 5) is 12.6. The van der Waals surface area contributed by atoms with E-state index in [0.29, 0.717) is 23.9 Å². The van der Waals surface area contributed by atoms with E-state index in [9.17, 15) is 9.66 Å². The van der Waals surface area contributed by atoms with E-state index in [1.807, 2.05) is 6.20 Å². The molecule has 0 saturated heterocycles. The van der Waals surface area contributed by atoms with Crippen molar-refractivity contribution in [3.63, 3.8) is 0 Å². The van der Waals surface area contributed by atoms with Crippen molar-refractivity contribution in [1.29, 1.82) is 0 Å². The number of benzene rings is 1. The molecule has 1 aromatic carbocycles. The third-order valence-electron chi connectivity index (χ3n) is 6.78. The summed E-state index contributed by atoms with van der Waals surface area (Å²) in [5.74, 6) is 1.92. The average molecular weight is 425 g/mol. The molecular formula is C21H24N6O2S. The Hall–Kier alpha value is -2.36. The quantitative estimate of drug-likeness (QED) is 0.548. The van der Waals surface area contributed by atoms with E-state index in [1.165, 1.54) is 16.5 Å². The number of aromatic amines is 1. The topological polar surface area (TPSA) is 113 Å². The number of hydrogen-bond acceptors (Lipinski definition) is 7. The molecule has 1 fully saturated rings. The second-order valence-corrected chi connectivity index (χ2v) is 10.1. The minimum atomic E-state index is -1.08. The van der Waals surface area contributed by atoms with Crippen LogP contribution in [0.15, 0.2) is 23.2 Å². The SMILES string of the molecule is [O-][S@+]1CCc2nc(N3CCc4c(ccc5[nH]ncc45)C3)nc(NC3(CO)CCC3)c21. The number of nitrogens with one attached hydrogen (secondary N) is 2. The number of rotatable bonds is 4. The Morgan fingerprint density at radius 1 is 1.27 bits per heavy atom. The normalized spacial score (nSPS) is 21.9. The predicted molar refractivity (Wildman–Crippen MR) is 115 cm³/mol. The van der Waals surface area contributed by atoms with Gasteiger partial charge in [0.15, 0.2) is 5.82 Å². The van der Waals surface area contributed by atoms with Crippen molar-refractivity contribution in [3.8, 4) is 0 Å². The number of anilines is 2. The van der Waals surface area contributed by atoms with Crippen LogP contribution in [-0.2, 0) is 30.6 Å². The van der Waals surface area contributed by atoms with Gasteiger partial charge in [0.25, 0.3) is 0 Å². The first-order valence-electron chi connectivity index (χ1n) is 10.5. The number of aliphatic hydroxyl groups is 1. The van der Waals surface area contributed by atoms with Gasteiger partial charge in [-0.15, -0.1) is 0 Å². The minimum Gasteiger partial charge on any atom is -0.611 e. The Morgan fingerprint density at radius 3 is 2.97 bits per heavy atom. The second-order valence-electron chi connectivity index (χ2n) is 8.57. The van der Waals surface area contributed by atoms with E-state index in [4.69, 9.17) is 9.97 Å². The van der Waals surface area contributed by atoms with E-state index < -0.39 is 11.2 Å². The number of fused-ring (bicyclic) bond motifs is 4. The molecule has 9 heteroatoms. The average Bonchev–Trinajstić information content (AvgIpc) is 3.37. The van der Waals surface area contributed by atoms with Gasteiger partial charge in [0, 0.05) is 24.9 Å². The fourth-order valence-corrected chi connectivity index (χ4v) is 6.16. The maximum absolute atomic E-state index is 12.6. The zero-order valence-corrected chi connectivity index (χ0v) is 17.5. The van der Waals surface area contributed by atoms with Crippen LogP contribution in [0, 0.1) is 0 Å². The molecule has 0 unspecified atom stereocenters. The fraction of sp³-hybridized carbons (Fsp3) is 0.476. The fourth-order valence-electron chi connectivity index (χ4n) is 4.85. The molecule has 0 amide bonds. The number of hydrogen-bond donors (Lipinski definition) is 3. The highest BCUT2D eigenvalue weighted by atomic mass is 32.2. The molecule has 0 radical (unpaired) electrons. The van der Waals surface area contributed by atoms with Gasteiger partial charge in [-0.1, -0.05) is 6.07 Å². The monoisotopic (exact) mass is 424 g/mol. The Labute approximate surface area is 177 Å². The maximum Gasteiger partial charge on any atom is 0.228 e. The van der Waals surface area contributed by atoms with E-state index in [1.54, 1.807) is 0 Å². The van der Waals surface area contributed by atoms with E-state index in [-0.39, 0.29) is 12.1 Å². The predicted octanol–water partition coefficient (Wildman–Crippen LogP) is 1.91. The highest BCUT2D eigenvalue weighted by Crippen LogP contribution is 2.39. The van der Waals surface area contributed by atoms with Crippen LogP contribution in [0.1, 0.15) is 36.1 Å². The molecule has 4 heterocycles. The smallest absolute Gasteiger partial charge is 0.228 e. The largest absolute Gasteiger partial charge is 0.611 e. The molecule has 30 heavy (non-hydrogen) atoms. The summed E-state index contributed by atoms with van der Waals surface area (Å²) in [7, 11) is 0. The van der Waals surface area contributed by atoms with Gasteiger partial charge in [0.2, 0.25) is 10.8 Å². The third-order valence-corrected chi connectivity index (χ3v) is 8.24. The third kappa shape index (κ3) is 2.79. The van der Waals surface area contributed by atoms with Crippen LogP contribution in [-0.4, -0.2) is 54.3 Å². The van der Waals surface area contributed by atoms with Gasteiger partial charge in [0.1, 0.15) is 11.4 Å². The Kier molecular flexibility index (Phi) is 4.19. The molecule has 3 N–H and O–H groups in total. The van der Waals surface area contributed by atoms with Gasteiger partial charge in [-0.05, 0) is 54.1 Å². The molecule has 1 saturated carbocycles. The maximum atomic E-state index is 12.6. The van der Waals surface area contributed by atoms with Crippen molar-refractivity contribution in [3.05, 3.63) is 35.2 Å². The van der Waals surface area contributed by atoms with Crippen LogP contribution in [0.5, 0.6) is 0 Å². The Bertz CT molecular complexity index is 1120. The van der Waals surface area contributed by atoms with Crippen LogP contribution >= 0.6 is 0 Å². The van der Waals surface area contributed by atoms with Gasteiger partial charge in [0.05, 0.1) is 23.9 Å². The summed E-state index contributed by atoms with van der Waals surface area (Å²) in [6, 6.07) is 4.23. The van der Waals surface area contributed by atoms with E-state index in [0.717, 1.165) is 54.9 Å². The molecule has 1 atom stereocenters. The lowest BCUT2D eigenvalue weighted by Gasteiger charge is -2.41. The summed E-state index contributed by atoms with van der Waals surface area (Å²) >= 11 is -1.08. The van der Waals surface area contributed by atoms with Crippen LogP contribution in [0.4, 0.5) is 11.8 Å². The molecule has 0 bridgehead atoms. The van der Waals surface area contributed by atoms with E-state index >= 15 is 0 Å². The lowest BCUT2D eigenvalue weighted by Crippen LogP contribution is -2.49. The van der Waals surface area contributed by atoms with Crippen LogP contribution in [0.2, 0.25) is 0 Å². The lowest BCUT2D eigenvalue weighted by atomic mass is 9.77. The molecular weight excluding hydrogens is 400 g/mol. The molecule has 8 nitrogen and oxygen atoms in total. The first-order chi connectivity index (χ1) is 14.7. The van der Waals surface area contributed by atoms with Gasteiger partial charge < -0.3 is 19.9 Å². The molecule has 2 aromatic heterocycles. The highest BCUT2D eigenvalue weighted by Gasteiger charge is 2.41. The minimum absolute atomic E-state index is 0.0610. The highest BCUT2D eigenvalue weighted by molar-refractivity contribution is 7.91. The van der Waals surface area contributed by atoms with Gasteiger partial charge in [-0.3, -0.25) is 5.10 Å². The van der Waals surface area contributed by atoms with Gasteiger partial charge >= 0.3 is 0 Å². The molecule has 0 spiro atoms. The number of aliphatic hydroxyl groups excluding tert-OH is 1. The molecule has 3 aromatic rings. The summed E-state index contributed by atoms with van der Waals surface area (Å²) in [6.45, 7) is 1.62. The van der Waals surface area contributed by atoms with Crippen molar-refractivity contribution < 1.29 is 9.66 Å². The first-order valence-corrected chi connectivity index (χ1v) is 11.8. The molecule has 3 aliphatic rings.